The van der Waals surface area contributed by atoms with Crippen LogP contribution in [0.4, 0.5) is 0 Å². The number of unbranched alkanes of at least 4 members (excludes halogenated alkanes) is 1. The average molecular weight is 223 g/mol. The van der Waals surface area contributed by atoms with Crippen molar-refractivity contribution in [3.05, 3.63) is 0 Å². The molecule has 1 fully saturated rings. The Balaban J connectivity index is 2.13. The Bertz CT molecular complexity index is 242. The predicted octanol–water partition coefficient (Wildman–Crippen LogP) is 2.14. The van der Waals surface area contributed by atoms with Crippen LogP contribution >= 0.6 is 0 Å². The molecule has 0 spiro atoms. The standard InChI is InChI=1S/C13H25N3/c1-4-16(12-7-8-12)10-6-5-9-13(2,11-14)15-3/h12,15H,4-10H2,1-3H3. The molecule has 1 aliphatic carbocycles. The van der Waals surface area contributed by atoms with Crippen molar-refractivity contribution in [3.8, 4) is 6.07 Å². The second-order valence-corrected chi connectivity index (χ2v) is 5.01. The van der Waals surface area contributed by atoms with Gasteiger partial charge in [0.05, 0.1) is 6.07 Å². The second kappa shape index (κ2) is 6.22. The Morgan fingerprint density at radius 3 is 2.56 bits per heavy atom. The van der Waals surface area contributed by atoms with E-state index in [0.29, 0.717) is 0 Å². The summed E-state index contributed by atoms with van der Waals surface area (Å²) in [6, 6.07) is 3.21. The van der Waals surface area contributed by atoms with Crippen molar-refractivity contribution < 1.29 is 0 Å². The minimum atomic E-state index is -0.337. The van der Waals surface area contributed by atoms with E-state index in [9.17, 15) is 0 Å². The highest BCUT2D eigenvalue weighted by Gasteiger charge is 2.27. The van der Waals surface area contributed by atoms with Crippen LogP contribution in [0.25, 0.3) is 0 Å². The molecular weight excluding hydrogens is 198 g/mol. The molecule has 1 saturated carbocycles. The lowest BCUT2D eigenvalue weighted by Crippen LogP contribution is -2.38. The summed E-state index contributed by atoms with van der Waals surface area (Å²) in [5, 5.41) is 12.1. The van der Waals surface area contributed by atoms with Crippen LogP contribution < -0.4 is 5.32 Å². The van der Waals surface area contributed by atoms with Gasteiger partial charge in [-0.25, -0.2) is 0 Å². The first-order valence-corrected chi connectivity index (χ1v) is 6.49. The van der Waals surface area contributed by atoms with Crippen molar-refractivity contribution >= 4 is 0 Å². The highest BCUT2D eigenvalue weighted by Crippen LogP contribution is 2.26. The lowest BCUT2D eigenvalue weighted by molar-refractivity contribution is 0.267. The van der Waals surface area contributed by atoms with E-state index in [0.717, 1.165) is 18.9 Å². The van der Waals surface area contributed by atoms with Crippen LogP contribution in [-0.2, 0) is 0 Å². The minimum absolute atomic E-state index is 0.337. The number of hydrogen-bond acceptors (Lipinski definition) is 3. The molecule has 0 amide bonds. The lowest BCUT2D eigenvalue weighted by Gasteiger charge is -2.22. The van der Waals surface area contributed by atoms with Crippen molar-refractivity contribution in [2.75, 3.05) is 20.1 Å². The molecule has 0 aromatic heterocycles. The molecule has 0 saturated heterocycles. The summed E-state index contributed by atoms with van der Waals surface area (Å²) >= 11 is 0. The van der Waals surface area contributed by atoms with E-state index in [-0.39, 0.29) is 5.54 Å². The quantitative estimate of drug-likeness (QED) is 0.641. The molecule has 1 unspecified atom stereocenters. The first-order valence-electron chi connectivity index (χ1n) is 6.49. The number of nitrogens with zero attached hydrogens (tertiary/aromatic N) is 2. The molecule has 0 aromatic rings. The summed E-state index contributed by atoms with van der Waals surface area (Å²) in [5.74, 6) is 0. The molecule has 1 atom stereocenters. The number of rotatable bonds is 8. The van der Waals surface area contributed by atoms with Crippen LogP contribution in [0.5, 0.6) is 0 Å². The monoisotopic (exact) mass is 223 g/mol. The Morgan fingerprint density at radius 1 is 1.44 bits per heavy atom. The van der Waals surface area contributed by atoms with Crippen LogP contribution in [-0.4, -0.2) is 36.6 Å². The first-order chi connectivity index (χ1) is 7.65. The maximum atomic E-state index is 9.02. The Morgan fingerprint density at radius 2 is 2.12 bits per heavy atom. The fraction of sp³-hybridized carbons (Fsp3) is 0.923. The fourth-order valence-corrected chi connectivity index (χ4v) is 2.07. The maximum Gasteiger partial charge on any atom is 0.103 e. The minimum Gasteiger partial charge on any atom is -0.303 e. The van der Waals surface area contributed by atoms with Gasteiger partial charge in [0.25, 0.3) is 0 Å². The van der Waals surface area contributed by atoms with Gasteiger partial charge < -0.3 is 10.2 Å². The second-order valence-electron chi connectivity index (χ2n) is 5.01. The number of nitriles is 1. The van der Waals surface area contributed by atoms with Crippen molar-refractivity contribution in [3.63, 3.8) is 0 Å². The molecule has 16 heavy (non-hydrogen) atoms. The summed E-state index contributed by atoms with van der Waals surface area (Å²) in [6.07, 6.45) is 6.07. The molecular formula is C13H25N3. The highest BCUT2D eigenvalue weighted by atomic mass is 15.2. The fourth-order valence-electron chi connectivity index (χ4n) is 2.07. The van der Waals surface area contributed by atoms with Crippen molar-refractivity contribution in [1.29, 1.82) is 5.26 Å². The van der Waals surface area contributed by atoms with Gasteiger partial charge in [-0.15, -0.1) is 0 Å². The van der Waals surface area contributed by atoms with Gasteiger partial charge in [0, 0.05) is 6.04 Å². The Labute approximate surface area is 99.8 Å². The van der Waals surface area contributed by atoms with Crippen LogP contribution in [0, 0.1) is 11.3 Å². The van der Waals surface area contributed by atoms with Gasteiger partial charge in [-0.3, -0.25) is 0 Å². The van der Waals surface area contributed by atoms with Gasteiger partial charge in [-0.2, -0.15) is 5.26 Å². The third-order valence-electron chi connectivity index (χ3n) is 3.64. The molecule has 0 aliphatic heterocycles. The maximum absolute atomic E-state index is 9.02. The summed E-state index contributed by atoms with van der Waals surface area (Å²) in [7, 11) is 1.87. The van der Waals surface area contributed by atoms with Crippen LogP contribution in [0.2, 0.25) is 0 Å². The van der Waals surface area contributed by atoms with Gasteiger partial charge in [0.15, 0.2) is 0 Å². The summed E-state index contributed by atoms with van der Waals surface area (Å²) in [6.45, 7) is 6.59. The van der Waals surface area contributed by atoms with Gasteiger partial charge >= 0.3 is 0 Å². The highest BCUT2D eigenvalue weighted by molar-refractivity contribution is 5.02. The van der Waals surface area contributed by atoms with E-state index in [2.05, 4.69) is 23.2 Å². The van der Waals surface area contributed by atoms with E-state index < -0.39 is 0 Å². The van der Waals surface area contributed by atoms with E-state index in [1.165, 1.54) is 32.4 Å². The third-order valence-corrected chi connectivity index (χ3v) is 3.64. The smallest absolute Gasteiger partial charge is 0.103 e. The zero-order valence-electron chi connectivity index (χ0n) is 10.9. The van der Waals surface area contributed by atoms with Gasteiger partial charge in [-0.05, 0) is 59.2 Å². The van der Waals surface area contributed by atoms with E-state index in [1.54, 1.807) is 0 Å². The normalized spacial score (nSPS) is 19.4. The summed E-state index contributed by atoms with van der Waals surface area (Å²) < 4.78 is 0. The lowest BCUT2D eigenvalue weighted by atomic mass is 9.97. The van der Waals surface area contributed by atoms with Crippen molar-refractivity contribution in [2.45, 2.75) is 57.5 Å². The largest absolute Gasteiger partial charge is 0.303 e. The van der Waals surface area contributed by atoms with Gasteiger partial charge in [0.1, 0.15) is 5.54 Å². The summed E-state index contributed by atoms with van der Waals surface area (Å²) in [5.41, 5.74) is -0.337. The summed E-state index contributed by atoms with van der Waals surface area (Å²) in [4.78, 5) is 2.57. The zero-order chi connectivity index (χ0) is 12.0. The molecule has 1 N–H and O–H groups in total. The molecule has 0 heterocycles. The number of nitrogens with one attached hydrogen (secondary N) is 1. The molecule has 0 aromatic carbocycles. The van der Waals surface area contributed by atoms with Gasteiger partial charge in [-0.1, -0.05) is 6.92 Å². The zero-order valence-corrected chi connectivity index (χ0v) is 10.9. The molecule has 0 radical (unpaired) electrons. The van der Waals surface area contributed by atoms with E-state index >= 15 is 0 Å². The molecule has 3 heteroatoms. The average Bonchev–Trinajstić information content (AvgIpc) is 3.13. The predicted molar refractivity (Wildman–Crippen MR) is 67.2 cm³/mol. The van der Waals surface area contributed by atoms with E-state index in [1.807, 2.05) is 14.0 Å². The molecule has 92 valence electrons. The van der Waals surface area contributed by atoms with Crippen LogP contribution in [0.3, 0.4) is 0 Å². The molecule has 0 bridgehead atoms. The van der Waals surface area contributed by atoms with Gasteiger partial charge in [0.2, 0.25) is 0 Å². The van der Waals surface area contributed by atoms with Crippen molar-refractivity contribution in [1.82, 2.24) is 10.2 Å². The molecule has 1 aliphatic rings. The Kier molecular flexibility index (Phi) is 5.24. The third kappa shape index (κ3) is 4.11. The van der Waals surface area contributed by atoms with Crippen LogP contribution in [0.15, 0.2) is 0 Å². The topological polar surface area (TPSA) is 39.1 Å². The Hall–Kier alpha value is -0.590. The van der Waals surface area contributed by atoms with Crippen molar-refractivity contribution in [2.24, 2.45) is 0 Å². The van der Waals surface area contributed by atoms with Crippen LogP contribution in [0.1, 0.15) is 46.0 Å². The molecule has 1 rings (SSSR count). The molecule has 3 nitrogen and oxygen atoms in total. The number of hydrogen-bond donors (Lipinski definition) is 1. The first kappa shape index (κ1) is 13.5. The SMILES string of the molecule is CCN(CCCCC(C)(C#N)NC)C1CC1. The van der Waals surface area contributed by atoms with E-state index in [4.69, 9.17) is 5.26 Å².